The third-order valence-electron chi connectivity index (χ3n) is 3.78. The van der Waals surface area contributed by atoms with Crippen LogP contribution in [0.2, 0.25) is 0 Å². The number of methoxy groups -OCH3 is 1. The lowest BCUT2D eigenvalue weighted by Gasteiger charge is -2.31. The predicted octanol–water partition coefficient (Wildman–Crippen LogP) is 2.58. The molecule has 1 atom stereocenters. The van der Waals surface area contributed by atoms with Crippen molar-refractivity contribution in [2.24, 2.45) is 0 Å². The Bertz CT molecular complexity index is 495. The van der Waals surface area contributed by atoms with Crippen LogP contribution in [0.4, 0.5) is 0 Å². The zero-order valence-electron chi connectivity index (χ0n) is 12.2. The second kappa shape index (κ2) is 6.39. The second-order valence-corrected chi connectivity index (χ2v) is 6.38. The number of esters is 1. The van der Waals surface area contributed by atoms with Gasteiger partial charge >= 0.3 is 5.97 Å². The highest BCUT2D eigenvalue weighted by atomic mass is 32.1. The topological polar surface area (TPSA) is 46.6 Å². The molecule has 0 spiro atoms. The van der Waals surface area contributed by atoms with Crippen molar-refractivity contribution >= 4 is 23.2 Å². The van der Waals surface area contributed by atoms with Crippen LogP contribution in [0.3, 0.4) is 0 Å². The van der Waals surface area contributed by atoms with E-state index in [1.54, 1.807) is 16.2 Å². The lowest BCUT2D eigenvalue weighted by molar-refractivity contribution is -0.148. The SMILES string of the molecule is COC(=O)CN(C(=O)C1CCCc2sccc21)C(C)C. The molecule has 0 aromatic carbocycles. The minimum absolute atomic E-state index is 0.00869. The van der Waals surface area contributed by atoms with Crippen LogP contribution in [0.5, 0.6) is 0 Å². The Labute approximate surface area is 123 Å². The number of ether oxygens (including phenoxy) is 1. The molecule has 20 heavy (non-hydrogen) atoms. The fourth-order valence-electron chi connectivity index (χ4n) is 2.66. The minimum atomic E-state index is -0.367. The molecule has 1 aromatic heterocycles. The molecule has 1 amide bonds. The van der Waals surface area contributed by atoms with Gasteiger partial charge in [-0.2, -0.15) is 0 Å². The van der Waals surface area contributed by atoms with E-state index in [0.29, 0.717) is 0 Å². The van der Waals surface area contributed by atoms with E-state index in [4.69, 9.17) is 4.74 Å². The number of hydrogen-bond donors (Lipinski definition) is 0. The summed E-state index contributed by atoms with van der Waals surface area (Å²) in [6.07, 6.45) is 2.97. The number of rotatable bonds is 4. The Morgan fingerprint density at radius 2 is 2.25 bits per heavy atom. The molecule has 1 unspecified atom stereocenters. The Morgan fingerprint density at radius 1 is 1.50 bits per heavy atom. The number of nitrogens with zero attached hydrogens (tertiary/aromatic N) is 1. The first-order valence-electron chi connectivity index (χ1n) is 6.98. The molecule has 5 heteroatoms. The quantitative estimate of drug-likeness (QED) is 0.802. The average Bonchev–Trinajstić information content (AvgIpc) is 2.91. The van der Waals surface area contributed by atoms with Crippen LogP contribution in [-0.4, -0.2) is 36.5 Å². The Kier molecular flexibility index (Phi) is 4.81. The van der Waals surface area contributed by atoms with Crippen LogP contribution in [0.15, 0.2) is 11.4 Å². The van der Waals surface area contributed by atoms with Crippen LogP contribution >= 0.6 is 11.3 Å². The van der Waals surface area contributed by atoms with E-state index in [-0.39, 0.29) is 30.4 Å². The van der Waals surface area contributed by atoms with Crippen molar-refractivity contribution in [1.82, 2.24) is 4.90 Å². The summed E-state index contributed by atoms with van der Waals surface area (Å²) < 4.78 is 4.69. The molecule has 2 rings (SSSR count). The van der Waals surface area contributed by atoms with Gasteiger partial charge in [-0.15, -0.1) is 11.3 Å². The zero-order valence-corrected chi connectivity index (χ0v) is 13.0. The fraction of sp³-hybridized carbons (Fsp3) is 0.600. The molecular weight excluding hydrogens is 274 g/mol. The maximum Gasteiger partial charge on any atom is 0.325 e. The summed E-state index contributed by atoms with van der Waals surface area (Å²) in [4.78, 5) is 27.2. The van der Waals surface area contributed by atoms with Gasteiger partial charge < -0.3 is 9.64 Å². The van der Waals surface area contributed by atoms with Crippen molar-refractivity contribution in [3.63, 3.8) is 0 Å². The first-order valence-corrected chi connectivity index (χ1v) is 7.86. The van der Waals surface area contributed by atoms with E-state index in [9.17, 15) is 9.59 Å². The maximum absolute atomic E-state index is 12.8. The molecular formula is C15H21NO3S. The normalized spacial score (nSPS) is 17.7. The van der Waals surface area contributed by atoms with E-state index in [0.717, 1.165) is 24.8 Å². The third kappa shape index (κ3) is 3.03. The Morgan fingerprint density at radius 3 is 2.90 bits per heavy atom. The number of hydrogen-bond acceptors (Lipinski definition) is 4. The van der Waals surface area contributed by atoms with Gasteiger partial charge in [-0.25, -0.2) is 0 Å². The molecule has 0 saturated carbocycles. The number of carbonyl (C=O) groups excluding carboxylic acids is 2. The number of thiophene rings is 1. The highest BCUT2D eigenvalue weighted by Gasteiger charge is 2.32. The highest BCUT2D eigenvalue weighted by Crippen LogP contribution is 2.36. The first kappa shape index (κ1) is 15.0. The number of carbonyl (C=O) groups is 2. The van der Waals surface area contributed by atoms with Gasteiger partial charge in [-0.3, -0.25) is 9.59 Å². The van der Waals surface area contributed by atoms with Crippen LogP contribution in [0, 0.1) is 0 Å². The third-order valence-corrected chi connectivity index (χ3v) is 4.78. The van der Waals surface area contributed by atoms with Gasteiger partial charge in [0.25, 0.3) is 0 Å². The molecule has 1 aliphatic carbocycles. The van der Waals surface area contributed by atoms with Crippen LogP contribution < -0.4 is 0 Å². The second-order valence-electron chi connectivity index (χ2n) is 5.38. The standard InChI is InChI=1S/C15H21NO3S/c1-10(2)16(9-14(17)19-3)15(18)12-5-4-6-13-11(12)7-8-20-13/h7-8,10,12H,4-6,9H2,1-3H3. The van der Waals surface area contributed by atoms with Gasteiger partial charge in [0.05, 0.1) is 13.0 Å². The Balaban J connectivity index is 2.19. The molecule has 0 N–H and O–H groups in total. The molecule has 0 saturated heterocycles. The smallest absolute Gasteiger partial charge is 0.325 e. The molecule has 1 heterocycles. The summed E-state index contributed by atoms with van der Waals surface area (Å²) in [5.74, 6) is -0.421. The average molecular weight is 295 g/mol. The summed E-state index contributed by atoms with van der Waals surface area (Å²) >= 11 is 1.72. The predicted molar refractivity (Wildman–Crippen MR) is 78.9 cm³/mol. The lowest BCUT2D eigenvalue weighted by Crippen LogP contribution is -2.44. The number of fused-ring (bicyclic) bond motifs is 1. The maximum atomic E-state index is 12.8. The van der Waals surface area contributed by atoms with Gasteiger partial charge in [0.15, 0.2) is 0 Å². The summed E-state index contributed by atoms with van der Waals surface area (Å²) in [5.41, 5.74) is 1.15. The molecule has 4 nitrogen and oxygen atoms in total. The van der Waals surface area contributed by atoms with Gasteiger partial charge in [0, 0.05) is 10.9 Å². The molecule has 1 aromatic rings. The van der Waals surface area contributed by atoms with E-state index in [1.165, 1.54) is 12.0 Å². The van der Waals surface area contributed by atoms with Crippen LogP contribution in [0.25, 0.3) is 0 Å². The Hall–Kier alpha value is -1.36. The number of aryl methyl sites for hydroxylation is 1. The first-order chi connectivity index (χ1) is 9.54. The van der Waals surface area contributed by atoms with Crippen LogP contribution in [-0.2, 0) is 20.7 Å². The van der Waals surface area contributed by atoms with E-state index in [2.05, 4.69) is 11.4 Å². The molecule has 0 radical (unpaired) electrons. The molecule has 0 bridgehead atoms. The van der Waals surface area contributed by atoms with E-state index >= 15 is 0 Å². The fourth-order valence-corrected chi connectivity index (χ4v) is 3.65. The zero-order chi connectivity index (χ0) is 14.7. The van der Waals surface area contributed by atoms with Crippen molar-refractivity contribution < 1.29 is 14.3 Å². The van der Waals surface area contributed by atoms with Gasteiger partial charge in [-0.05, 0) is 50.1 Å². The van der Waals surface area contributed by atoms with E-state index in [1.807, 2.05) is 13.8 Å². The van der Waals surface area contributed by atoms with Gasteiger partial charge in [0.1, 0.15) is 6.54 Å². The number of amides is 1. The van der Waals surface area contributed by atoms with E-state index < -0.39 is 0 Å². The van der Waals surface area contributed by atoms with Crippen molar-refractivity contribution in [2.75, 3.05) is 13.7 Å². The van der Waals surface area contributed by atoms with Crippen LogP contribution in [0.1, 0.15) is 43.0 Å². The lowest BCUT2D eigenvalue weighted by atomic mass is 9.86. The van der Waals surface area contributed by atoms with Gasteiger partial charge in [0.2, 0.25) is 5.91 Å². The van der Waals surface area contributed by atoms with Crippen molar-refractivity contribution in [3.8, 4) is 0 Å². The molecule has 1 aliphatic rings. The molecule has 110 valence electrons. The summed E-state index contributed by atoms with van der Waals surface area (Å²) in [7, 11) is 1.35. The molecule has 0 aliphatic heterocycles. The van der Waals surface area contributed by atoms with Crippen molar-refractivity contribution in [2.45, 2.75) is 45.1 Å². The summed E-state index contributed by atoms with van der Waals surface area (Å²) in [6.45, 7) is 3.89. The van der Waals surface area contributed by atoms with Gasteiger partial charge in [-0.1, -0.05) is 0 Å². The largest absolute Gasteiger partial charge is 0.468 e. The summed E-state index contributed by atoms with van der Waals surface area (Å²) in [5, 5.41) is 2.05. The van der Waals surface area contributed by atoms with Crippen molar-refractivity contribution in [3.05, 3.63) is 21.9 Å². The monoisotopic (exact) mass is 295 g/mol. The molecule has 0 fully saturated rings. The minimum Gasteiger partial charge on any atom is -0.468 e. The van der Waals surface area contributed by atoms with Crippen molar-refractivity contribution in [1.29, 1.82) is 0 Å². The summed E-state index contributed by atoms with van der Waals surface area (Å²) in [6, 6.07) is 2.05. The highest BCUT2D eigenvalue weighted by molar-refractivity contribution is 7.10.